The molecule has 0 spiro atoms. The maximum Gasteiger partial charge on any atom is 0.377 e. The lowest BCUT2D eigenvalue weighted by atomic mass is 9.70. The molecule has 0 aromatic heterocycles. The van der Waals surface area contributed by atoms with Crippen molar-refractivity contribution in [1.29, 1.82) is 0 Å². The Bertz CT molecular complexity index is 375. The fourth-order valence-corrected chi connectivity index (χ4v) is 3.62. The first kappa shape index (κ1) is 13.7. The highest BCUT2D eigenvalue weighted by atomic mass is 19.3. The molecular formula is C13H20F2O3. The van der Waals surface area contributed by atoms with Gasteiger partial charge in [0.2, 0.25) is 0 Å². The number of hydrogen-bond acceptors (Lipinski definition) is 3. The quantitative estimate of drug-likeness (QED) is 0.777. The van der Waals surface area contributed by atoms with E-state index in [1.165, 1.54) is 0 Å². The van der Waals surface area contributed by atoms with Crippen LogP contribution in [0.5, 0.6) is 0 Å². The minimum absolute atomic E-state index is 0.0520. The van der Waals surface area contributed by atoms with Crippen LogP contribution in [0.1, 0.15) is 40.5 Å². The summed E-state index contributed by atoms with van der Waals surface area (Å²) in [5, 5.41) is 10.3. The van der Waals surface area contributed by atoms with Gasteiger partial charge in [-0.05, 0) is 18.3 Å². The Morgan fingerprint density at radius 2 is 1.94 bits per heavy atom. The van der Waals surface area contributed by atoms with Gasteiger partial charge in [-0.25, -0.2) is 4.79 Å². The van der Waals surface area contributed by atoms with E-state index in [0.717, 1.165) is 12.8 Å². The summed E-state index contributed by atoms with van der Waals surface area (Å²) < 4.78 is 30.6. The number of ether oxygens (including phenoxy) is 1. The van der Waals surface area contributed by atoms with Gasteiger partial charge in [0.05, 0.1) is 6.10 Å². The van der Waals surface area contributed by atoms with Crippen LogP contribution in [0.2, 0.25) is 0 Å². The molecule has 0 aliphatic heterocycles. The van der Waals surface area contributed by atoms with E-state index in [-0.39, 0.29) is 16.7 Å². The molecule has 2 aliphatic rings. The third-order valence-electron chi connectivity index (χ3n) is 5.34. The third-order valence-corrected chi connectivity index (χ3v) is 5.34. The standard InChI is InChI=1S/C13H20F2O3/c1-11(2)7-5-6-12(11,3)9(16)8(7)18-10(17)13(4,14)15/h7-9,16H,5-6H2,1-4H3. The van der Waals surface area contributed by atoms with E-state index >= 15 is 0 Å². The zero-order valence-corrected chi connectivity index (χ0v) is 11.2. The number of halogens is 2. The molecule has 2 bridgehead atoms. The van der Waals surface area contributed by atoms with E-state index in [4.69, 9.17) is 4.74 Å². The zero-order valence-electron chi connectivity index (χ0n) is 11.2. The Balaban J connectivity index is 2.21. The van der Waals surface area contributed by atoms with E-state index < -0.39 is 24.1 Å². The predicted molar refractivity (Wildman–Crippen MR) is 61.1 cm³/mol. The second kappa shape index (κ2) is 3.65. The summed E-state index contributed by atoms with van der Waals surface area (Å²) in [6, 6.07) is 0. The van der Waals surface area contributed by atoms with E-state index in [9.17, 15) is 18.7 Å². The molecule has 4 atom stereocenters. The van der Waals surface area contributed by atoms with Crippen LogP contribution >= 0.6 is 0 Å². The number of hydrogen-bond donors (Lipinski definition) is 1. The molecule has 0 amide bonds. The molecule has 1 N–H and O–H groups in total. The number of fused-ring (bicyclic) bond motifs is 2. The summed E-state index contributed by atoms with van der Waals surface area (Å²) in [7, 11) is 0. The van der Waals surface area contributed by atoms with Crippen molar-refractivity contribution in [2.45, 2.75) is 58.7 Å². The fraction of sp³-hybridized carbons (Fsp3) is 0.923. The molecule has 4 unspecified atom stereocenters. The molecule has 3 nitrogen and oxygen atoms in total. The van der Waals surface area contributed by atoms with Gasteiger partial charge >= 0.3 is 11.9 Å². The summed E-state index contributed by atoms with van der Waals surface area (Å²) in [6.45, 7) is 6.47. The molecule has 0 aromatic carbocycles. The third kappa shape index (κ3) is 1.59. The van der Waals surface area contributed by atoms with Crippen LogP contribution in [0.15, 0.2) is 0 Å². The molecule has 2 saturated carbocycles. The van der Waals surface area contributed by atoms with Crippen molar-refractivity contribution in [3.8, 4) is 0 Å². The van der Waals surface area contributed by atoms with Gasteiger partial charge in [-0.1, -0.05) is 20.8 Å². The maximum atomic E-state index is 12.9. The zero-order chi connectivity index (χ0) is 13.9. The topological polar surface area (TPSA) is 46.5 Å². The molecule has 5 heteroatoms. The lowest BCUT2D eigenvalue weighted by molar-refractivity contribution is -0.185. The van der Waals surface area contributed by atoms with Crippen LogP contribution in [-0.4, -0.2) is 29.2 Å². The molecule has 2 fully saturated rings. The van der Waals surface area contributed by atoms with Crippen molar-refractivity contribution in [1.82, 2.24) is 0 Å². The first-order chi connectivity index (χ1) is 8.02. The molecule has 0 radical (unpaired) electrons. The normalized spacial score (nSPS) is 42.1. The summed E-state index contributed by atoms with van der Waals surface area (Å²) in [6.07, 6.45) is -0.0365. The van der Waals surface area contributed by atoms with Crippen LogP contribution in [-0.2, 0) is 9.53 Å². The fourth-order valence-electron chi connectivity index (χ4n) is 3.62. The SMILES string of the molecule is CC(F)(F)C(=O)OC1C2CCC(C)(C1O)C2(C)C. The van der Waals surface area contributed by atoms with E-state index in [1.54, 1.807) is 0 Å². The van der Waals surface area contributed by atoms with Crippen molar-refractivity contribution in [3.05, 3.63) is 0 Å². The Labute approximate surface area is 106 Å². The van der Waals surface area contributed by atoms with Gasteiger partial charge in [-0.15, -0.1) is 0 Å². The predicted octanol–water partition coefficient (Wildman–Crippen LogP) is 2.37. The highest BCUT2D eigenvalue weighted by molar-refractivity contribution is 5.77. The summed E-state index contributed by atoms with van der Waals surface area (Å²) in [4.78, 5) is 11.3. The minimum Gasteiger partial charge on any atom is -0.455 e. The van der Waals surface area contributed by atoms with Crippen molar-refractivity contribution >= 4 is 5.97 Å². The first-order valence-corrected chi connectivity index (χ1v) is 6.29. The molecular weight excluding hydrogens is 242 g/mol. The first-order valence-electron chi connectivity index (χ1n) is 6.29. The molecule has 0 heterocycles. The smallest absolute Gasteiger partial charge is 0.377 e. The lowest BCUT2D eigenvalue weighted by Crippen LogP contribution is -2.43. The summed E-state index contributed by atoms with van der Waals surface area (Å²) in [5.41, 5.74) is -0.577. The van der Waals surface area contributed by atoms with Crippen molar-refractivity contribution in [3.63, 3.8) is 0 Å². The van der Waals surface area contributed by atoms with Gasteiger partial charge in [0, 0.05) is 18.3 Å². The molecule has 104 valence electrons. The number of rotatable bonds is 2. The van der Waals surface area contributed by atoms with Crippen LogP contribution in [0.25, 0.3) is 0 Å². The number of aliphatic hydroxyl groups is 1. The second-order valence-corrected chi connectivity index (χ2v) is 6.49. The number of esters is 1. The number of aliphatic hydroxyl groups excluding tert-OH is 1. The van der Waals surface area contributed by atoms with Gasteiger partial charge in [0.25, 0.3) is 0 Å². The van der Waals surface area contributed by atoms with Crippen LogP contribution in [0.4, 0.5) is 8.78 Å². The molecule has 2 aliphatic carbocycles. The monoisotopic (exact) mass is 262 g/mol. The van der Waals surface area contributed by atoms with Crippen LogP contribution < -0.4 is 0 Å². The highest BCUT2D eigenvalue weighted by Crippen LogP contribution is 2.66. The average molecular weight is 262 g/mol. The molecule has 0 saturated heterocycles. The molecule has 2 rings (SSSR count). The molecule has 0 aromatic rings. The number of carbonyl (C=O) groups is 1. The van der Waals surface area contributed by atoms with Crippen molar-refractivity contribution in [2.75, 3.05) is 0 Å². The summed E-state index contributed by atoms with van der Waals surface area (Å²) >= 11 is 0. The lowest BCUT2D eigenvalue weighted by Gasteiger charge is -2.36. The average Bonchev–Trinajstić information content (AvgIpc) is 2.51. The van der Waals surface area contributed by atoms with E-state index in [0.29, 0.717) is 6.92 Å². The van der Waals surface area contributed by atoms with E-state index in [2.05, 4.69) is 0 Å². The van der Waals surface area contributed by atoms with Gasteiger partial charge in [-0.3, -0.25) is 0 Å². The van der Waals surface area contributed by atoms with Crippen LogP contribution in [0.3, 0.4) is 0 Å². The Hall–Kier alpha value is -0.710. The minimum atomic E-state index is -3.51. The number of carbonyl (C=O) groups excluding carboxylic acids is 1. The largest absolute Gasteiger partial charge is 0.455 e. The van der Waals surface area contributed by atoms with Crippen LogP contribution in [0, 0.1) is 16.7 Å². The van der Waals surface area contributed by atoms with Crippen molar-refractivity contribution < 1.29 is 23.4 Å². The Morgan fingerprint density at radius 3 is 2.33 bits per heavy atom. The highest BCUT2D eigenvalue weighted by Gasteiger charge is 2.67. The van der Waals surface area contributed by atoms with Gasteiger partial charge in [-0.2, -0.15) is 8.78 Å². The van der Waals surface area contributed by atoms with Gasteiger partial charge < -0.3 is 9.84 Å². The summed E-state index contributed by atoms with van der Waals surface area (Å²) in [5.74, 6) is -5.10. The number of alkyl halides is 2. The maximum absolute atomic E-state index is 12.9. The second-order valence-electron chi connectivity index (χ2n) is 6.49. The van der Waals surface area contributed by atoms with Gasteiger partial charge in [0.1, 0.15) is 6.10 Å². The Morgan fingerprint density at radius 1 is 1.39 bits per heavy atom. The molecule has 18 heavy (non-hydrogen) atoms. The Kier molecular flexibility index (Phi) is 2.78. The van der Waals surface area contributed by atoms with Gasteiger partial charge in [0.15, 0.2) is 0 Å². The van der Waals surface area contributed by atoms with Crippen molar-refractivity contribution in [2.24, 2.45) is 16.7 Å². The van der Waals surface area contributed by atoms with E-state index in [1.807, 2.05) is 20.8 Å².